The molecule has 2 aromatic rings. The van der Waals surface area contributed by atoms with Crippen molar-refractivity contribution in [3.63, 3.8) is 0 Å². The second-order valence-electron chi connectivity index (χ2n) is 4.09. The van der Waals surface area contributed by atoms with Gasteiger partial charge in [-0.2, -0.15) is 0 Å². The number of hydrogen-bond acceptors (Lipinski definition) is 4. The lowest BCUT2D eigenvalue weighted by Gasteiger charge is -2.19. The third-order valence-corrected chi connectivity index (χ3v) is 2.91. The second kappa shape index (κ2) is 3.75. The first-order chi connectivity index (χ1) is 7.83. The molecule has 0 saturated carbocycles. The normalized spacial score (nSPS) is 19.7. The fourth-order valence-corrected chi connectivity index (χ4v) is 2.07. The molecule has 0 fully saturated rings. The molecule has 1 unspecified atom stereocenters. The Labute approximate surface area is 92.7 Å². The van der Waals surface area contributed by atoms with Crippen LogP contribution in [-0.2, 0) is 19.4 Å². The third-order valence-electron chi connectivity index (χ3n) is 2.91. The highest BCUT2D eigenvalue weighted by molar-refractivity contribution is 5.09. The summed E-state index contributed by atoms with van der Waals surface area (Å²) in [6, 6.07) is 3.78. The quantitative estimate of drug-likeness (QED) is 0.810. The SMILES string of the molecule is OC1CCc2nnc(Cc3ccco3)n2C1. The van der Waals surface area contributed by atoms with Gasteiger partial charge in [-0.3, -0.25) is 0 Å². The van der Waals surface area contributed by atoms with Crippen molar-refractivity contribution in [2.24, 2.45) is 0 Å². The van der Waals surface area contributed by atoms with Gasteiger partial charge in [-0.1, -0.05) is 0 Å². The summed E-state index contributed by atoms with van der Waals surface area (Å²) in [6.45, 7) is 0.596. The number of aryl methyl sites for hydroxylation is 1. The first-order valence-electron chi connectivity index (χ1n) is 5.44. The Morgan fingerprint density at radius 3 is 3.25 bits per heavy atom. The van der Waals surface area contributed by atoms with Gasteiger partial charge in [0.15, 0.2) is 0 Å². The highest BCUT2D eigenvalue weighted by Crippen LogP contribution is 2.17. The lowest BCUT2D eigenvalue weighted by molar-refractivity contribution is 0.129. The van der Waals surface area contributed by atoms with E-state index >= 15 is 0 Å². The van der Waals surface area contributed by atoms with Gasteiger partial charge in [0.25, 0.3) is 0 Å². The number of rotatable bonds is 2. The zero-order valence-corrected chi connectivity index (χ0v) is 8.83. The highest BCUT2D eigenvalue weighted by Gasteiger charge is 2.21. The van der Waals surface area contributed by atoms with E-state index in [-0.39, 0.29) is 6.10 Å². The molecule has 0 bridgehead atoms. The van der Waals surface area contributed by atoms with E-state index in [1.54, 1.807) is 6.26 Å². The number of fused-ring (bicyclic) bond motifs is 1. The van der Waals surface area contributed by atoms with Crippen molar-refractivity contribution < 1.29 is 9.52 Å². The molecule has 3 heterocycles. The molecule has 1 aliphatic heterocycles. The number of aromatic nitrogens is 3. The highest BCUT2D eigenvalue weighted by atomic mass is 16.3. The average molecular weight is 219 g/mol. The fourth-order valence-electron chi connectivity index (χ4n) is 2.07. The maximum atomic E-state index is 9.63. The molecule has 2 aromatic heterocycles. The van der Waals surface area contributed by atoms with Crippen LogP contribution in [-0.4, -0.2) is 26.0 Å². The van der Waals surface area contributed by atoms with Crippen LogP contribution in [0.3, 0.4) is 0 Å². The van der Waals surface area contributed by atoms with Gasteiger partial charge in [0.2, 0.25) is 0 Å². The Morgan fingerprint density at radius 1 is 1.50 bits per heavy atom. The molecule has 0 amide bonds. The minimum atomic E-state index is -0.279. The smallest absolute Gasteiger partial charge is 0.140 e. The zero-order chi connectivity index (χ0) is 11.0. The molecular weight excluding hydrogens is 206 g/mol. The van der Waals surface area contributed by atoms with Crippen molar-refractivity contribution in [1.82, 2.24) is 14.8 Å². The van der Waals surface area contributed by atoms with Crippen LogP contribution in [0.2, 0.25) is 0 Å². The first kappa shape index (κ1) is 9.59. The molecule has 0 aliphatic carbocycles. The van der Waals surface area contributed by atoms with E-state index < -0.39 is 0 Å². The van der Waals surface area contributed by atoms with E-state index in [2.05, 4.69) is 10.2 Å². The van der Waals surface area contributed by atoms with Crippen LogP contribution in [0.5, 0.6) is 0 Å². The Morgan fingerprint density at radius 2 is 2.44 bits per heavy atom. The van der Waals surface area contributed by atoms with Crippen LogP contribution >= 0.6 is 0 Å². The molecule has 3 rings (SSSR count). The Balaban J connectivity index is 1.88. The van der Waals surface area contributed by atoms with Crippen LogP contribution in [0, 0.1) is 0 Å². The van der Waals surface area contributed by atoms with Gasteiger partial charge in [0, 0.05) is 6.42 Å². The maximum absolute atomic E-state index is 9.63. The molecule has 84 valence electrons. The van der Waals surface area contributed by atoms with Gasteiger partial charge in [-0.15, -0.1) is 10.2 Å². The van der Waals surface area contributed by atoms with Crippen molar-refractivity contribution in [2.45, 2.75) is 31.9 Å². The molecule has 0 saturated heterocycles. The van der Waals surface area contributed by atoms with Crippen LogP contribution in [0.1, 0.15) is 23.8 Å². The van der Waals surface area contributed by atoms with Gasteiger partial charge in [-0.05, 0) is 18.6 Å². The molecule has 16 heavy (non-hydrogen) atoms. The Hall–Kier alpha value is -1.62. The number of furan rings is 1. The predicted octanol–water partition coefficient (Wildman–Crippen LogP) is 0.769. The van der Waals surface area contributed by atoms with Gasteiger partial charge >= 0.3 is 0 Å². The van der Waals surface area contributed by atoms with Crippen molar-refractivity contribution in [2.75, 3.05) is 0 Å². The summed E-state index contributed by atoms with van der Waals surface area (Å²) in [5.41, 5.74) is 0. The molecule has 1 aliphatic rings. The molecule has 0 radical (unpaired) electrons. The van der Waals surface area contributed by atoms with E-state index in [9.17, 15) is 5.11 Å². The van der Waals surface area contributed by atoms with E-state index in [4.69, 9.17) is 4.42 Å². The van der Waals surface area contributed by atoms with Crippen LogP contribution < -0.4 is 0 Å². The summed E-state index contributed by atoms with van der Waals surface area (Å²) in [7, 11) is 0. The fraction of sp³-hybridized carbons (Fsp3) is 0.455. The van der Waals surface area contributed by atoms with Gasteiger partial charge in [0.1, 0.15) is 17.4 Å². The van der Waals surface area contributed by atoms with Crippen LogP contribution in [0.15, 0.2) is 22.8 Å². The van der Waals surface area contributed by atoms with E-state index in [0.717, 1.165) is 30.3 Å². The monoisotopic (exact) mass is 219 g/mol. The van der Waals surface area contributed by atoms with Crippen molar-refractivity contribution in [3.8, 4) is 0 Å². The lowest BCUT2D eigenvalue weighted by Crippen LogP contribution is -2.25. The van der Waals surface area contributed by atoms with Crippen LogP contribution in [0.25, 0.3) is 0 Å². The maximum Gasteiger partial charge on any atom is 0.140 e. The van der Waals surface area contributed by atoms with Crippen molar-refractivity contribution >= 4 is 0 Å². The molecule has 1 N–H and O–H groups in total. The summed E-state index contributed by atoms with van der Waals surface area (Å²) in [5, 5.41) is 17.9. The Kier molecular flexibility index (Phi) is 2.25. The third kappa shape index (κ3) is 1.63. The summed E-state index contributed by atoms with van der Waals surface area (Å²) in [4.78, 5) is 0. The largest absolute Gasteiger partial charge is 0.469 e. The van der Waals surface area contributed by atoms with Crippen molar-refractivity contribution in [1.29, 1.82) is 0 Å². The first-order valence-corrected chi connectivity index (χ1v) is 5.44. The topological polar surface area (TPSA) is 64.1 Å². The average Bonchev–Trinajstić information content (AvgIpc) is 2.90. The molecule has 1 atom stereocenters. The molecule has 5 heteroatoms. The minimum Gasteiger partial charge on any atom is -0.469 e. The van der Waals surface area contributed by atoms with Crippen LogP contribution in [0.4, 0.5) is 0 Å². The van der Waals surface area contributed by atoms with E-state index in [1.807, 2.05) is 16.7 Å². The zero-order valence-electron chi connectivity index (χ0n) is 8.83. The summed E-state index contributed by atoms with van der Waals surface area (Å²) in [6.07, 6.45) is 3.58. The summed E-state index contributed by atoms with van der Waals surface area (Å²) < 4.78 is 7.28. The number of aliphatic hydroxyl groups excluding tert-OH is 1. The standard InChI is InChI=1S/C11H13N3O2/c15-8-3-4-10-12-13-11(14(10)7-8)6-9-2-1-5-16-9/h1-2,5,8,15H,3-4,6-7H2. The van der Waals surface area contributed by atoms with Gasteiger partial charge in [-0.25, -0.2) is 0 Å². The van der Waals surface area contributed by atoms with E-state index in [1.165, 1.54) is 0 Å². The molecule has 5 nitrogen and oxygen atoms in total. The Bertz CT molecular complexity index is 475. The number of aliphatic hydroxyl groups is 1. The molecule has 0 aromatic carbocycles. The molecule has 0 spiro atoms. The molecular formula is C11H13N3O2. The second-order valence-corrected chi connectivity index (χ2v) is 4.09. The minimum absolute atomic E-state index is 0.279. The summed E-state index contributed by atoms with van der Waals surface area (Å²) in [5.74, 6) is 2.70. The van der Waals surface area contributed by atoms with Gasteiger partial charge < -0.3 is 14.1 Å². The predicted molar refractivity (Wildman–Crippen MR) is 55.9 cm³/mol. The number of nitrogens with zero attached hydrogens (tertiary/aromatic N) is 3. The number of hydrogen-bond donors (Lipinski definition) is 1. The summed E-state index contributed by atoms with van der Waals surface area (Å²) >= 11 is 0. The van der Waals surface area contributed by atoms with Crippen molar-refractivity contribution in [3.05, 3.63) is 35.8 Å². The van der Waals surface area contributed by atoms with Gasteiger partial charge in [0.05, 0.1) is 25.3 Å². The van der Waals surface area contributed by atoms with E-state index in [0.29, 0.717) is 13.0 Å². The lowest BCUT2D eigenvalue weighted by atomic mass is 10.1.